The van der Waals surface area contributed by atoms with Gasteiger partial charge in [0.2, 0.25) is 11.8 Å². The van der Waals surface area contributed by atoms with E-state index in [0.29, 0.717) is 17.9 Å². The number of hydrogen-bond donors (Lipinski definition) is 2. The normalized spacial score (nSPS) is 14.5. The average molecular weight is 439 g/mol. The molecule has 2 N–H and O–H groups in total. The lowest BCUT2D eigenvalue weighted by Gasteiger charge is -2.26. The first-order valence-corrected chi connectivity index (χ1v) is 11.1. The number of nitrogens with one attached hydrogen (secondary N) is 2. The summed E-state index contributed by atoms with van der Waals surface area (Å²) in [5.41, 5.74) is 1.24. The smallest absolute Gasteiger partial charge is 0.234 e. The van der Waals surface area contributed by atoms with Crippen molar-refractivity contribution in [3.8, 4) is 0 Å². The van der Waals surface area contributed by atoms with Crippen LogP contribution in [0.1, 0.15) is 5.69 Å². The fraction of sp³-hybridized carbons (Fsp3) is 0.421. The van der Waals surface area contributed by atoms with E-state index in [9.17, 15) is 14.0 Å². The second-order valence-corrected chi connectivity index (χ2v) is 8.51. The number of halogens is 1. The van der Waals surface area contributed by atoms with Gasteiger partial charge in [0, 0.05) is 37.2 Å². The van der Waals surface area contributed by atoms with E-state index in [4.69, 9.17) is 4.74 Å². The molecule has 156 valence electrons. The highest BCUT2D eigenvalue weighted by Gasteiger charge is 2.12. The van der Waals surface area contributed by atoms with Crippen LogP contribution >= 0.6 is 23.1 Å². The number of carbonyl (C=O) groups is 2. The van der Waals surface area contributed by atoms with Crippen LogP contribution < -0.4 is 10.6 Å². The molecule has 1 aliphatic rings. The lowest BCUT2D eigenvalue weighted by atomic mass is 10.3. The van der Waals surface area contributed by atoms with E-state index in [0.717, 1.165) is 37.2 Å². The maximum absolute atomic E-state index is 12.9. The molecule has 10 heteroatoms. The standard InChI is InChI=1S/C19H23FN4O3S2/c20-14-1-3-15(4-2-14)22-18(26)13-29-19-23-16(12-28-19)11-17(25)21-5-6-24-7-9-27-10-8-24/h1-4,12H,5-11,13H2,(H,21,25)(H,22,26). The summed E-state index contributed by atoms with van der Waals surface area (Å²) in [6.07, 6.45) is 0.224. The first-order chi connectivity index (χ1) is 14.1. The van der Waals surface area contributed by atoms with Crippen molar-refractivity contribution < 1.29 is 18.7 Å². The first kappa shape index (κ1) is 21.7. The predicted octanol–water partition coefficient (Wildman–Crippen LogP) is 2.00. The van der Waals surface area contributed by atoms with Gasteiger partial charge in [-0.05, 0) is 24.3 Å². The molecule has 0 unspecified atom stereocenters. The molecule has 1 aromatic heterocycles. The summed E-state index contributed by atoms with van der Waals surface area (Å²) in [5, 5.41) is 7.45. The summed E-state index contributed by atoms with van der Waals surface area (Å²) in [4.78, 5) is 30.7. The van der Waals surface area contributed by atoms with Crippen LogP contribution in [0.3, 0.4) is 0 Å². The second-order valence-electron chi connectivity index (χ2n) is 6.43. The van der Waals surface area contributed by atoms with Gasteiger partial charge in [0.1, 0.15) is 5.82 Å². The number of benzene rings is 1. The Kier molecular flexibility index (Phi) is 8.41. The van der Waals surface area contributed by atoms with E-state index in [1.807, 2.05) is 5.38 Å². The molecule has 2 amide bonds. The number of hydrogen-bond acceptors (Lipinski definition) is 7. The highest BCUT2D eigenvalue weighted by molar-refractivity contribution is 8.01. The Morgan fingerprint density at radius 3 is 2.72 bits per heavy atom. The number of thiazole rings is 1. The number of rotatable bonds is 9. The average Bonchev–Trinajstić information content (AvgIpc) is 3.16. The number of nitrogens with zero attached hydrogens (tertiary/aromatic N) is 2. The Morgan fingerprint density at radius 1 is 1.21 bits per heavy atom. The van der Waals surface area contributed by atoms with Gasteiger partial charge in [0.15, 0.2) is 4.34 Å². The fourth-order valence-electron chi connectivity index (χ4n) is 2.70. The van der Waals surface area contributed by atoms with Crippen LogP contribution in [0.4, 0.5) is 10.1 Å². The molecular formula is C19H23FN4O3S2. The topological polar surface area (TPSA) is 83.6 Å². The molecule has 0 bridgehead atoms. The van der Waals surface area contributed by atoms with Gasteiger partial charge in [-0.1, -0.05) is 11.8 Å². The highest BCUT2D eigenvalue weighted by Crippen LogP contribution is 2.23. The van der Waals surface area contributed by atoms with Crippen molar-refractivity contribution in [3.63, 3.8) is 0 Å². The van der Waals surface area contributed by atoms with Gasteiger partial charge < -0.3 is 15.4 Å². The number of ether oxygens (including phenoxy) is 1. The number of morpholine rings is 1. The molecule has 29 heavy (non-hydrogen) atoms. The third-order valence-corrected chi connectivity index (χ3v) is 6.25. The van der Waals surface area contributed by atoms with E-state index in [1.165, 1.54) is 47.4 Å². The lowest BCUT2D eigenvalue weighted by Crippen LogP contribution is -2.41. The van der Waals surface area contributed by atoms with Gasteiger partial charge in [0.05, 0.1) is 31.1 Å². The van der Waals surface area contributed by atoms with Gasteiger partial charge in [-0.25, -0.2) is 9.37 Å². The molecule has 3 rings (SSSR count). The molecule has 0 radical (unpaired) electrons. The molecule has 1 fully saturated rings. The van der Waals surface area contributed by atoms with Crippen LogP contribution in [-0.2, 0) is 20.7 Å². The van der Waals surface area contributed by atoms with E-state index in [1.54, 1.807) is 0 Å². The van der Waals surface area contributed by atoms with E-state index < -0.39 is 0 Å². The molecule has 0 spiro atoms. The van der Waals surface area contributed by atoms with Gasteiger partial charge in [0.25, 0.3) is 0 Å². The number of amides is 2. The van der Waals surface area contributed by atoms with Gasteiger partial charge in [-0.2, -0.15) is 0 Å². The van der Waals surface area contributed by atoms with Crippen molar-refractivity contribution in [3.05, 3.63) is 41.2 Å². The molecule has 2 heterocycles. The zero-order chi connectivity index (χ0) is 20.5. The molecule has 0 aliphatic carbocycles. The summed E-state index contributed by atoms with van der Waals surface area (Å²) in [7, 11) is 0. The van der Waals surface area contributed by atoms with Crippen LogP contribution in [0.5, 0.6) is 0 Å². The first-order valence-electron chi connectivity index (χ1n) is 9.28. The molecule has 7 nitrogen and oxygen atoms in total. The van der Waals surface area contributed by atoms with Gasteiger partial charge in [-0.15, -0.1) is 11.3 Å². The minimum absolute atomic E-state index is 0.0610. The molecular weight excluding hydrogens is 415 g/mol. The largest absolute Gasteiger partial charge is 0.379 e. The minimum Gasteiger partial charge on any atom is -0.379 e. The molecule has 1 saturated heterocycles. The van der Waals surface area contributed by atoms with Crippen molar-refractivity contribution in [2.24, 2.45) is 0 Å². The maximum atomic E-state index is 12.9. The third-order valence-electron chi connectivity index (χ3n) is 4.18. The molecule has 1 aromatic carbocycles. The predicted molar refractivity (Wildman–Crippen MR) is 112 cm³/mol. The molecule has 1 aliphatic heterocycles. The number of aromatic nitrogens is 1. The molecule has 0 saturated carbocycles. The molecule has 0 atom stereocenters. The summed E-state index contributed by atoms with van der Waals surface area (Å²) in [6, 6.07) is 5.61. The zero-order valence-electron chi connectivity index (χ0n) is 15.9. The van der Waals surface area contributed by atoms with Crippen molar-refractivity contribution >= 4 is 40.6 Å². The highest BCUT2D eigenvalue weighted by atomic mass is 32.2. The van der Waals surface area contributed by atoms with Crippen LogP contribution in [0.25, 0.3) is 0 Å². The SMILES string of the molecule is O=C(Cc1csc(SCC(=O)Nc2ccc(F)cc2)n1)NCCN1CCOCC1. The number of thioether (sulfide) groups is 1. The van der Waals surface area contributed by atoms with Crippen molar-refractivity contribution in [2.75, 3.05) is 50.5 Å². The van der Waals surface area contributed by atoms with Crippen molar-refractivity contribution in [1.29, 1.82) is 0 Å². The quantitative estimate of drug-likeness (QED) is 0.583. The Labute approximate surface area is 177 Å². The van der Waals surface area contributed by atoms with Crippen LogP contribution in [0, 0.1) is 5.82 Å². The molecule has 2 aromatic rings. The summed E-state index contributed by atoms with van der Waals surface area (Å²) >= 11 is 2.72. The second kappa shape index (κ2) is 11.2. The summed E-state index contributed by atoms with van der Waals surface area (Å²) < 4.78 is 18.9. The zero-order valence-corrected chi connectivity index (χ0v) is 17.5. The van der Waals surface area contributed by atoms with Crippen LogP contribution in [0.2, 0.25) is 0 Å². The minimum atomic E-state index is -0.349. The van der Waals surface area contributed by atoms with E-state index in [-0.39, 0.29) is 29.8 Å². The van der Waals surface area contributed by atoms with Crippen molar-refractivity contribution in [1.82, 2.24) is 15.2 Å². The lowest BCUT2D eigenvalue weighted by molar-refractivity contribution is -0.120. The van der Waals surface area contributed by atoms with Gasteiger partial charge >= 0.3 is 0 Å². The van der Waals surface area contributed by atoms with Crippen molar-refractivity contribution in [2.45, 2.75) is 10.8 Å². The number of anilines is 1. The Bertz CT molecular complexity index is 810. The number of carbonyl (C=O) groups excluding carboxylic acids is 2. The maximum Gasteiger partial charge on any atom is 0.234 e. The van der Waals surface area contributed by atoms with Gasteiger partial charge in [-0.3, -0.25) is 14.5 Å². The van der Waals surface area contributed by atoms with E-state index in [2.05, 4.69) is 20.5 Å². The summed E-state index contributed by atoms with van der Waals surface area (Å²) in [5.74, 6) is -0.415. The van der Waals surface area contributed by atoms with E-state index >= 15 is 0 Å². The Morgan fingerprint density at radius 2 is 1.97 bits per heavy atom. The van der Waals surface area contributed by atoms with Crippen LogP contribution in [0.15, 0.2) is 34.0 Å². The summed E-state index contributed by atoms with van der Waals surface area (Å²) in [6.45, 7) is 4.71. The Hall–Kier alpha value is -2.01. The fourth-order valence-corrected chi connectivity index (χ4v) is 4.34. The monoisotopic (exact) mass is 438 g/mol. The Balaban J connectivity index is 1.34. The van der Waals surface area contributed by atoms with Crippen LogP contribution in [-0.4, -0.2) is 66.8 Å². The third kappa shape index (κ3) is 7.73.